The molecule has 8 heteroatoms. The van der Waals surface area contributed by atoms with Crippen LogP contribution < -0.4 is 5.32 Å². The average Bonchev–Trinajstić information content (AvgIpc) is 2.57. The number of hydrogen-bond acceptors (Lipinski definition) is 7. The molecule has 0 aromatic carbocycles. The van der Waals surface area contributed by atoms with Gasteiger partial charge in [0.05, 0.1) is 25.7 Å². The number of aliphatic carboxylic acids is 1. The number of carboxylic acids is 1. The lowest BCUT2D eigenvalue weighted by Gasteiger charge is -2.30. The van der Waals surface area contributed by atoms with Gasteiger partial charge in [0.25, 0.3) is 0 Å². The first-order valence-corrected chi connectivity index (χ1v) is 12.3. The van der Waals surface area contributed by atoms with Crippen molar-refractivity contribution < 1.29 is 24.2 Å². The number of rotatable bonds is 17. The first-order valence-electron chi connectivity index (χ1n) is 9.95. The number of hydrogen-bond donors (Lipinski definition) is 2. The predicted molar refractivity (Wildman–Crippen MR) is 119 cm³/mol. The number of ether oxygens (including phenoxy) is 2. The van der Waals surface area contributed by atoms with Crippen molar-refractivity contribution in [3.05, 3.63) is 0 Å². The van der Waals surface area contributed by atoms with Crippen LogP contribution in [-0.4, -0.2) is 65.9 Å². The lowest BCUT2D eigenvalue weighted by Crippen LogP contribution is -2.37. The molecule has 0 aromatic rings. The fourth-order valence-electron chi connectivity index (χ4n) is 2.33. The Hall–Kier alpha value is -0.280. The largest absolute Gasteiger partial charge is 0.481 e. The summed E-state index contributed by atoms with van der Waals surface area (Å²) >= 11 is 0. The highest BCUT2D eigenvalue weighted by atomic mass is 33.1. The normalized spacial score (nSPS) is 13.5. The molecule has 166 valence electrons. The Labute approximate surface area is 178 Å². The summed E-state index contributed by atoms with van der Waals surface area (Å²) in [6.45, 7) is 15.0. The van der Waals surface area contributed by atoms with Crippen molar-refractivity contribution >= 4 is 33.3 Å². The number of nitrogens with one attached hydrogen (secondary N) is 1. The van der Waals surface area contributed by atoms with E-state index in [2.05, 4.69) is 26.1 Å². The van der Waals surface area contributed by atoms with Crippen molar-refractivity contribution in [3.63, 3.8) is 0 Å². The van der Waals surface area contributed by atoms with E-state index in [1.165, 1.54) is 0 Å². The van der Waals surface area contributed by atoms with Crippen LogP contribution in [0.4, 0.5) is 0 Å². The molecule has 0 saturated carbocycles. The van der Waals surface area contributed by atoms with Crippen LogP contribution in [-0.2, 0) is 19.1 Å². The minimum Gasteiger partial charge on any atom is -0.481 e. The van der Waals surface area contributed by atoms with Crippen LogP contribution in [0, 0.1) is 5.92 Å². The monoisotopic (exact) mass is 437 g/mol. The molecule has 0 saturated heterocycles. The molecule has 0 aromatic heterocycles. The molecule has 0 aliphatic heterocycles. The van der Waals surface area contributed by atoms with Crippen LogP contribution in [0.3, 0.4) is 0 Å². The van der Waals surface area contributed by atoms with Gasteiger partial charge in [-0.25, -0.2) is 0 Å². The maximum absolute atomic E-state index is 12.2. The fraction of sp³-hybridized carbons (Fsp3) is 0.900. The van der Waals surface area contributed by atoms with Crippen LogP contribution in [0.25, 0.3) is 0 Å². The van der Waals surface area contributed by atoms with E-state index in [4.69, 9.17) is 9.47 Å². The SMILES string of the molecule is CCCOCCOCCC(=O)C[C@H](C(=O)O)C(C)(C)SSCCNC(C)(C)C. The van der Waals surface area contributed by atoms with Gasteiger partial charge in [0.15, 0.2) is 0 Å². The highest BCUT2D eigenvalue weighted by molar-refractivity contribution is 8.77. The first-order chi connectivity index (χ1) is 13.0. The molecule has 0 amide bonds. The molecular weight excluding hydrogens is 398 g/mol. The molecule has 0 bridgehead atoms. The number of Topliss-reactive ketones (excluding diaryl/α,β-unsaturated/α-hetero) is 1. The van der Waals surface area contributed by atoms with E-state index in [9.17, 15) is 14.7 Å². The third-order valence-electron chi connectivity index (χ3n) is 3.93. The Balaban J connectivity index is 4.24. The first kappa shape index (κ1) is 27.7. The third-order valence-corrected chi connectivity index (χ3v) is 7.27. The summed E-state index contributed by atoms with van der Waals surface area (Å²) in [5, 5.41) is 13.0. The molecule has 2 N–H and O–H groups in total. The van der Waals surface area contributed by atoms with E-state index >= 15 is 0 Å². The van der Waals surface area contributed by atoms with Crippen LogP contribution in [0.5, 0.6) is 0 Å². The van der Waals surface area contributed by atoms with Crippen LogP contribution in [0.2, 0.25) is 0 Å². The van der Waals surface area contributed by atoms with Crippen molar-refractivity contribution in [3.8, 4) is 0 Å². The highest BCUT2D eigenvalue weighted by Gasteiger charge is 2.37. The predicted octanol–water partition coefficient (Wildman–Crippen LogP) is 4.03. The summed E-state index contributed by atoms with van der Waals surface area (Å²) in [6.07, 6.45) is 1.24. The molecule has 0 spiro atoms. The van der Waals surface area contributed by atoms with Gasteiger partial charge in [-0.05, 0) is 41.0 Å². The summed E-state index contributed by atoms with van der Waals surface area (Å²) < 4.78 is 10.2. The van der Waals surface area contributed by atoms with E-state index in [0.29, 0.717) is 26.4 Å². The topological polar surface area (TPSA) is 84.9 Å². The number of carboxylic acid groups (broad SMARTS) is 1. The van der Waals surface area contributed by atoms with E-state index < -0.39 is 16.6 Å². The van der Waals surface area contributed by atoms with Crippen LogP contribution in [0.1, 0.15) is 60.8 Å². The van der Waals surface area contributed by atoms with Crippen molar-refractivity contribution in [1.29, 1.82) is 0 Å². The second kappa shape index (κ2) is 14.7. The van der Waals surface area contributed by atoms with Gasteiger partial charge in [0.1, 0.15) is 5.78 Å². The standard InChI is InChI=1S/C20H39NO5S2/c1-7-10-25-12-13-26-11-8-16(22)15-17(18(23)24)20(5,6)28-27-14-9-21-19(2,3)4/h17,21H,7-15H2,1-6H3,(H,23,24)/t17-/m1/s1. The Morgan fingerprint density at radius 2 is 1.64 bits per heavy atom. The van der Waals surface area contributed by atoms with Gasteiger partial charge in [-0.3, -0.25) is 9.59 Å². The summed E-state index contributed by atoms with van der Waals surface area (Å²) in [7, 11) is 3.19. The molecule has 0 aliphatic carbocycles. The summed E-state index contributed by atoms with van der Waals surface area (Å²) in [5.41, 5.74) is 0.0704. The van der Waals surface area contributed by atoms with E-state index in [-0.39, 0.29) is 24.2 Å². The molecule has 0 rings (SSSR count). The maximum Gasteiger partial charge on any atom is 0.308 e. The zero-order valence-electron chi connectivity index (χ0n) is 18.3. The van der Waals surface area contributed by atoms with Gasteiger partial charge >= 0.3 is 5.97 Å². The van der Waals surface area contributed by atoms with E-state index in [1.807, 2.05) is 20.8 Å². The minimum absolute atomic E-state index is 0.0336. The molecule has 0 aliphatic rings. The Morgan fingerprint density at radius 1 is 1.04 bits per heavy atom. The van der Waals surface area contributed by atoms with Crippen LogP contribution in [0.15, 0.2) is 0 Å². The molecule has 6 nitrogen and oxygen atoms in total. The van der Waals surface area contributed by atoms with Crippen molar-refractivity contribution in [2.24, 2.45) is 5.92 Å². The molecule has 0 heterocycles. The van der Waals surface area contributed by atoms with Gasteiger partial charge in [-0.15, -0.1) is 0 Å². The quantitative estimate of drug-likeness (QED) is 0.261. The lowest BCUT2D eigenvalue weighted by atomic mass is 9.89. The fourth-order valence-corrected chi connectivity index (χ4v) is 4.96. The van der Waals surface area contributed by atoms with E-state index in [0.717, 1.165) is 18.7 Å². The molecule has 1 atom stereocenters. The van der Waals surface area contributed by atoms with Crippen molar-refractivity contribution in [2.45, 2.75) is 71.1 Å². The Morgan fingerprint density at radius 3 is 2.18 bits per heavy atom. The van der Waals surface area contributed by atoms with Crippen molar-refractivity contribution in [2.75, 3.05) is 38.7 Å². The highest BCUT2D eigenvalue weighted by Crippen LogP contribution is 2.42. The Kier molecular flexibility index (Phi) is 14.5. The smallest absolute Gasteiger partial charge is 0.308 e. The summed E-state index contributed by atoms with van der Waals surface area (Å²) in [6, 6.07) is 0. The summed E-state index contributed by atoms with van der Waals surface area (Å²) in [5.74, 6) is -0.844. The van der Waals surface area contributed by atoms with Gasteiger partial charge in [-0.1, -0.05) is 28.5 Å². The summed E-state index contributed by atoms with van der Waals surface area (Å²) in [4.78, 5) is 24.0. The minimum atomic E-state index is -0.923. The maximum atomic E-state index is 12.2. The molecule has 0 unspecified atom stereocenters. The van der Waals surface area contributed by atoms with Gasteiger partial charge in [0, 0.05) is 42.0 Å². The average molecular weight is 438 g/mol. The molecule has 28 heavy (non-hydrogen) atoms. The lowest BCUT2D eigenvalue weighted by molar-refractivity contribution is -0.144. The molecule has 0 radical (unpaired) electrons. The molecular formula is C20H39NO5S2. The zero-order valence-corrected chi connectivity index (χ0v) is 20.0. The molecule has 0 fully saturated rings. The zero-order chi connectivity index (χ0) is 21.6. The van der Waals surface area contributed by atoms with E-state index in [1.54, 1.807) is 21.6 Å². The van der Waals surface area contributed by atoms with Gasteiger partial charge in [0.2, 0.25) is 0 Å². The number of ketones is 1. The third kappa shape index (κ3) is 14.7. The van der Waals surface area contributed by atoms with Gasteiger partial charge < -0.3 is 19.9 Å². The van der Waals surface area contributed by atoms with Gasteiger partial charge in [-0.2, -0.15) is 0 Å². The number of carbonyl (C=O) groups is 2. The second-order valence-electron chi connectivity index (χ2n) is 8.29. The van der Waals surface area contributed by atoms with Crippen molar-refractivity contribution in [1.82, 2.24) is 5.32 Å². The van der Waals surface area contributed by atoms with Crippen LogP contribution >= 0.6 is 21.6 Å². The Bertz CT molecular complexity index is 452. The second-order valence-corrected chi connectivity index (χ2v) is 11.4. The number of carbonyl (C=O) groups excluding carboxylic acids is 1.